The van der Waals surface area contributed by atoms with Gasteiger partial charge in [0, 0.05) is 25.3 Å². The number of rotatable bonds is 8. The highest BCUT2D eigenvalue weighted by Gasteiger charge is 2.63. The zero-order chi connectivity index (χ0) is 36.8. The molecule has 0 radical (unpaired) electrons. The second-order valence-corrected chi connectivity index (χ2v) is 18.3. The normalized spacial score (nSPS) is 28.0. The minimum absolute atomic E-state index is 0.102. The number of para-hydroxylation sites is 2. The molecular weight excluding hydrogens is 684 g/mol. The number of aromatic nitrogens is 2. The topological polar surface area (TPSA) is 128 Å². The molecule has 10 nitrogen and oxygen atoms in total. The van der Waals surface area contributed by atoms with Gasteiger partial charge in [0.15, 0.2) is 5.78 Å². The fourth-order valence-corrected chi connectivity index (χ4v) is 9.99. The number of aryl methyl sites for hydroxylation is 2. The third-order valence-electron chi connectivity index (χ3n) is 12.2. The van der Waals surface area contributed by atoms with Crippen molar-refractivity contribution in [2.45, 2.75) is 128 Å². The van der Waals surface area contributed by atoms with Crippen LogP contribution in [-0.2, 0) is 37.4 Å². The van der Waals surface area contributed by atoms with Crippen molar-refractivity contribution in [1.82, 2.24) is 19.2 Å². The van der Waals surface area contributed by atoms with E-state index in [2.05, 4.69) is 4.72 Å². The van der Waals surface area contributed by atoms with Crippen molar-refractivity contribution in [2.75, 3.05) is 6.54 Å². The number of benzene rings is 2. The molecule has 12 heteroatoms. The SMILES string of the molecule is CCn1c(O[C@@H]2C[C@H]3C(=O)C[C@]4(C(=O)NS(=O)(=O)C5(C)CC5)C[C@@H]4CCCCCCC[C@H](Cc4cc(C)cc(F)c4)C(=O)N3C2)nc2ccccc21. The van der Waals surface area contributed by atoms with E-state index in [0.29, 0.717) is 44.7 Å². The average molecular weight is 735 g/mol. The van der Waals surface area contributed by atoms with Gasteiger partial charge in [0.1, 0.15) is 11.9 Å². The summed E-state index contributed by atoms with van der Waals surface area (Å²) in [7, 11) is -3.89. The van der Waals surface area contributed by atoms with Crippen molar-refractivity contribution in [3.05, 3.63) is 59.4 Å². The maximum absolute atomic E-state index is 14.7. The minimum Gasteiger partial charge on any atom is -0.459 e. The minimum atomic E-state index is -3.89. The molecule has 2 saturated carbocycles. The van der Waals surface area contributed by atoms with Gasteiger partial charge in [-0.2, -0.15) is 4.98 Å². The van der Waals surface area contributed by atoms with Crippen LogP contribution in [0.15, 0.2) is 42.5 Å². The number of amides is 2. The van der Waals surface area contributed by atoms with Gasteiger partial charge in [-0.1, -0.05) is 50.3 Å². The Labute approximate surface area is 305 Å². The van der Waals surface area contributed by atoms with Crippen LogP contribution in [0.5, 0.6) is 6.01 Å². The predicted molar refractivity (Wildman–Crippen MR) is 195 cm³/mol. The van der Waals surface area contributed by atoms with Crippen LogP contribution in [-0.4, -0.2) is 63.9 Å². The first-order chi connectivity index (χ1) is 24.8. The smallest absolute Gasteiger partial charge is 0.297 e. The van der Waals surface area contributed by atoms with E-state index in [1.807, 2.05) is 48.7 Å². The second-order valence-electron chi connectivity index (χ2n) is 16.1. The summed E-state index contributed by atoms with van der Waals surface area (Å²) < 4.78 is 50.8. The highest BCUT2D eigenvalue weighted by Crippen LogP contribution is 2.59. The molecule has 2 saturated heterocycles. The molecule has 3 aromatic rings. The summed E-state index contributed by atoms with van der Waals surface area (Å²) in [5.41, 5.74) is 2.10. The lowest BCUT2D eigenvalue weighted by Gasteiger charge is -2.29. The second kappa shape index (κ2) is 14.2. The average Bonchev–Trinajstić information content (AvgIpc) is 3.92. The van der Waals surface area contributed by atoms with Gasteiger partial charge in [-0.15, -0.1) is 0 Å². The number of halogens is 1. The molecule has 0 spiro atoms. The summed E-state index contributed by atoms with van der Waals surface area (Å²) in [6.45, 7) is 6.26. The molecule has 4 aliphatic rings. The van der Waals surface area contributed by atoms with Crippen molar-refractivity contribution in [3.8, 4) is 6.01 Å². The lowest BCUT2D eigenvalue weighted by Crippen LogP contribution is -2.47. The number of Topliss-reactive ketones (excluding diaryl/α,β-unsaturated/α-hetero) is 1. The fourth-order valence-electron chi connectivity index (χ4n) is 8.66. The van der Waals surface area contributed by atoms with Gasteiger partial charge < -0.3 is 9.64 Å². The Balaban J connectivity index is 1.20. The molecule has 5 atom stereocenters. The van der Waals surface area contributed by atoms with Crippen LogP contribution in [0.3, 0.4) is 0 Å². The molecule has 2 aliphatic carbocycles. The van der Waals surface area contributed by atoms with Crippen LogP contribution >= 0.6 is 0 Å². The van der Waals surface area contributed by atoms with Crippen LogP contribution in [0, 0.1) is 30.0 Å². The van der Waals surface area contributed by atoms with Crippen molar-refractivity contribution in [2.24, 2.45) is 17.3 Å². The molecule has 2 amide bonds. The highest BCUT2D eigenvalue weighted by atomic mass is 32.2. The Kier molecular flexibility index (Phi) is 9.99. The molecule has 1 N–H and O–H groups in total. The van der Waals surface area contributed by atoms with Gasteiger partial charge in [-0.25, -0.2) is 12.8 Å². The Morgan fingerprint density at radius 1 is 1.06 bits per heavy atom. The number of nitrogens with zero attached hydrogens (tertiary/aromatic N) is 3. The summed E-state index contributed by atoms with van der Waals surface area (Å²) in [6, 6.07) is 12.2. The van der Waals surface area contributed by atoms with Crippen molar-refractivity contribution < 1.29 is 31.9 Å². The Hall–Kier alpha value is -3.80. The Morgan fingerprint density at radius 3 is 2.52 bits per heavy atom. The zero-order valence-electron chi connectivity index (χ0n) is 30.5. The van der Waals surface area contributed by atoms with Gasteiger partial charge in [-0.05, 0) is 101 Å². The number of ketones is 1. The molecule has 0 unspecified atom stereocenters. The van der Waals surface area contributed by atoms with Gasteiger partial charge in [0.25, 0.3) is 6.01 Å². The predicted octanol–water partition coefficient (Wildman–Crippen LogP) is 6.42. The van der Waals surface area contributed by atoms with Crippen LogP contribution in [0.1, 0.15) is 102 Å². The van der Waals surface area contributed by atoms with Crippen LogP contribution < -0.4 is 9.46 Å². The van der Waals surface area contributed by atoms with E-state index in [9.17, 15) is 27.2 Å². The highest BCUT2D eigenvalue weighted by molar-refractivity contribution is 7.91. The van der Waals surface area contributed by atoms with E-state index in [1.54, 1.807) is 11.8 Å². The number of nitrogens with one attached hydrogen (secondary N) is 1. The molecule has 3 heterocycles. The quantitative estimate of drug-likeness (QED) is 0.283. The van der Waals surface area contributed by atoms with E-state index >= 15 is 0 Å². The maximum Gasteiger partial charge on any atom is 0.297 e. The molecule has 2 aliphatic heterocycles. The Bertz CT molecular complexity index is 1950. The van der Waals surface area contributed by atoms with Gasteiger partial charge >= 0.3 is 0 Å². The van der Waals surface area contributed by atoms with E-state index in [0.717, 1.165) is 60.7 Å². The Morgan fingerprint density at radius 2 is 1.79 bits per heavy atom. The molecule has 4 fully saturated rings. The lowest BCUT2D eigenvalue weighted by molar-refractivity contribution is -0.142. The maximum atomic E-state index is 14.7. The first-order valence-corrected chi connectivity index (χ1v) is 20.6. The zero-order valence-corrected chi connectivity index (χ0v) is 31.4. The summed E-state index contributed by atoms with van der Waals surface area (Å²) in [5, 5.41) is 0. The first-order valence-electron chi connectivity index (χ1n) is 19.1. The van der Waals surface area contributed by atoms with E-state index in [-0.39, 0.29) is 42.8 Å². The number of hydrogen-bond donors (Lipinski definition) is 1. The summed E-state index contributed by atoms with van der Waals surface area (Å²) in [4.78, 5) is 49.6. The van der Waals surface area contributed by atoms with E-state index in [4.69, 9.17) is 9.72 Å². The first kappa shape index (κ1) is 36.6. The van der Waals surface area contributed by atoms with Crippen molar-refractivity contribution >= 4 is 38.7 Å². The van der Waals surface area contributed by atoms with Gasteiger partial charge in [0.2, 0.25) is 21.8 Å². The van der Waals surface area contributed by atoms with E-state index in [1.165, 1.54) is 12.1 Å². The van der Waals surface area contributed by atoms with Gasteiger partial charge in [-0.3, -0.25) is 23.7 Å². The molecular formula is C40H51FN4O6S. The molecule has 7 rings (SSSR count). The van der Waals surface area contributed by atoms with Crippen molar-refractivity contribution in [1.29, 1.82) is 0 Å². The molecule has 52 heavy (non-hydrogen) atoms. The van der Waals surface area contributed by atoms with Crippen molar-refractivity contribution in [3.63, 3.8) is 0 Å². The van der Waals surface area contributed by atoms with E-state index < -0.39 is 44.2 Å². The number of ether oxygens (including phenoxy) is 1. The number of sulfonamides is 1. The number of hydrogen-bond acceptors (Lipinski definition) is 7. The summed E-state index contributed by atoms with van der Waals surface area (Å²) in [6.07, 6.45) is 7.23. The van der Waals surface area contributed by atoms with Crippen LogP contribution in [0.4, 0.5) is 4.39 Å². The summed E-state index contributed by atoms with van der Waals surface area (Å²) >= 11 is 0. The van der Waals surface area contributed by atoms with Crippen LogP contribution in [0.25, 0.3) is 11.0 Å². The number of carbonyl (C=O) groups is 3. The summed E-state index contributed by atoms with van der Waals surface area (Å²) in [5.74, 6) is -1.96. The molecule has 2 aromatic carbocycles. The van der Waals surface area contributed by atoms with Gasteiger partial charge in [0.05, 0.1) is 33.8 Å². The number of fused-ring (bicyclic) bond motifs is 3. The lowest BCUT2D eigenvalue weighted by atomic mass is 9.89. The van der Waals surface area contributed by atoms with Crippen LogP contribution in [0.2, 0.25) is 0 Å². The number of imidazole rings is 1. The number of carbonyl (C=O) groups excluding carboxylic acids is 3. The molecule has 0 bridgehead atoms. The molecule has 1 aromatic heterocycles. The molecule has 280 valence electrons. The standard InChI is InChI=1S/C40H51FN4O6S/c1-4-44-33-15-11-10-14-32(33)42-38(44)51-31-22-34-35(46)24-40(37(48)43-52(49,50)39(3)16-17-39)23-29(40)13-9-7-5-6-8-12-28(36(47)45(34)25-31)20-27-18-26(2)19-30(41)21-27/h10-11,14-15,18-19,21,28-29,31,34H,4-9,12-13,16-17,20,22-25H2,1-3H3,(H,43,48)/t28-,29+,31-,34+,40-/m1/s1. The monoisotopic (exact) mass is 734 g/mol. The largest absolute Gasteiger partial charge is 0.459 e. The third kappa shape index (κ3) is 7.24. The third-order valence-corrected chi connectivity index (χ3v) is 14.3. The fraction of sp³-hybridized carbons (Fsp3) is 0.600.